The summed E-state index contributed by atoms with van der Waals surface area (Å²) in [5.41, 5.74) is 2.15. The number of unbranched alkanes of at least 4 members (excludes halogenated alkanes) is 3. The van der Waals surface area contributed by atoms with E-state index >= 15 is 0 Å². The molecule has 1 aromatic carbocycles. The van der Waals surface area contributed by atoms with E-state index in [0.29, 0.717) is 26.2 Å². The van der Waals surface area contributed by atoms with E-state index in [0.717, 1.165) is 25.2 Å². The van der Waals surface area contributed by atoms with Crippen molar-refractivity contribution in [2.45, 2.75) is 65.4 Å². The lowest BCUT2D eigenvalue weighted by atomic mass is 10.1. The van der Waals surface area contributed by atoms with Crippen LogP contribution in [0.25, 0.3) is 0 Å². The van der Waals surface area contributed by atoms with Crippen LogP contribution in [0.15, 0.2) is 60.9 Å². The number of nitrogens with zero attached hydrogens (tertiary/aromatic N) is 2. The second kappa shape index (κ2) is 18.5. The van der Waals surface area contributed by atoms with Crippen LogP contribution in [0, 0.1) is 0 Å². The third kappa shape index (κ3) is 15.2. The molecule has 0 atom stereocenters. The van der Waals surface area contributed by atoms with Crippen LogP contribution >= 0.6 is 0 Å². The molecule has 2 rings (SSSR count). The SMILES string of the molecule is C=C/C=C\C(=C/C)OCCCCCCc1ccc(NC)cc1.CC(C)(C)OC(=O)N1CCN(CO)CC1. The molecule has 0 unspecified atom stereocenters. The van der Waals surface area contributed by atoms with Crippen LogP contribution in [0.4, 0.5) is 10.5 Å². The maximum absolute atomic E-state index is 11.6. The fourth-order valence-corrected chi connectivity index (χ4v) is 3.60. The lowest BCUT2D eigenvalue weighted by molar-refractivity contribution is 0.00425. The first kappa shape index (κ1) is 32.3. The van der Waals surface area contributed by atoms with E-state index in [9.17, 15) is 4.79 Å². The van der Waals surface area contributed by atoms with Crippen molar-refractivity contribution in [1.82, 2.24) is 9.80 Å². The minimum atomic E-state index is -0.439. The third-order valence-electron chi connectivity index (χ3n) is 5.78. The minimum Gasteiger partial charge on any atom is -0.494 e. The Labute approximate surface area is 224 Å². The molecule has 0 spiro atoms. The van der Waals surface area contributed by atoms with Crippen LogP contribution in [-0.2, 0) is 15.9 Å². The van der Waals surface area contributed by atoms with Gasteiger partial charge in [-0.1, -0.05) is 43.7 Å². The van der Waals surface area contributed by atoms with Crippen LogP contribution in [0.5, 0.6) is 0 Å². The number of benzene rings is 1. The number of allylic oxidation sites excluding steroid dienone is 4. The van der Waals surface area contributed by atoms with Gasteiger partial charge in [-0.15, -0.1) is 0 Å². The van der Waals surface area contributed by atoms with Crippen molar-refractivity contribution in [3.8, 4) is 0 Å². The van der Waals surface area contributed by atoms with Gasteiger partial charge in [0.15, 0.2) is 0 Å². The van der Waals surface area contributed by atoms with Crippen molar-refractivity contribution in [3.63, 3.8) is 0 Å². The second-order valence-corrected chi connectivity index (χ2v) is 9.97. The summed E-state index contributed by atoms with van der Waals surface area (Å²) in [5, 5.41) is 12.0. The summed E-state index contributed by atoms with van der Waals surface area (Å²) in [6.45, 7) is 14.7. The Balaban J connectivity index is 0.000000397. The van der Waals surface area contributed by atoms with E-state index in [-0.39, 0.29) is 12.8 Å². The molecule has 0 radical (unpaired) electrons. The highest BCUT2D eigenvalue weighted by Gasteiger charge is 2.25. The number of carbonyl (C=O) groups is 1. The largest absolute Gasteiger partial charge is 0.494 e. The number of hydrogen-bond acceptors (Lipinski definition) is 6. The molecule has 1 aromatic rings. The van der Waals surface area contributed by atoms with Gasteiger partial charge in [-0.3, -0.25) is 4.90 Å². The maximum atomic E-state index is 11.6. The molecule has 1 amide bonds. The summed E-state index contributed by atoms with van der Waals surface area (Å²) >= 11 is 0. The highest BCUT2D eigenvalue weighted by molar-refractivity contribution is 5.68. The molecular weight excluding hydrogens is 466 g/mol. The number of ether oxygens (including phenoxy) is 2. The number of piperazine rings is 1. The van der Waals surface area contributed by atoms with Crippen molar-refractivity contribution in [2.24, 2.45) is 0 Å². The quantitative estimate of drug-likeness (QED) is 0.203. The number of rotatable bonds is 12. The summed E-state index contributed by atoms with van der Waals surface area (Å²) < 4.78 is 11.0. The van der Waals surface area contributed by atoms with Gasteiger partial charge in [0.05, 0.1) is 13.3 Å². The fraction of sp³-hybridized carbons (Fsp3) is 0.567. The van der Waals surface area contributed by atoms with Crippen LogP contribution in [0.1, 0.15) is 58.9 Å². The predicted octanol–water partition coefficient (Wildman–Crippen LogP) is 5.98. The van der Waals surface area contributed by atoms with Gasteiger partial charge in [0.2, 0.25) is 0 Å². The molecule has 0 saturated carbocycles. The normalized spacial score (nSPS) is 14.6. The van der Waals surface area contributed by atoms with Gasteiger partial charge in [0.1, 0.15) is 11.4 Å². The van der Waals surface area contributed by atoms with E-state index in [2.05, 4.69) is 36.2 Å². The van der Waals surface area contributed by atoms with Gasteiger partial charge in [-0.25, -0.2) is 4.79 Å². The number of aliphatic hydroxyl groups is 1. The van der Waals surface area contributed by atoms with Gasteiger partial charge >= 0.3 is 6.09 Å². The van der Waals surface area contributed by atoms with Crippen LogP contribution in [-0.4, -0.2) is 73.2 Å². The molecule has 7 nitrogen and oxygen atoms in total. The monoisotopic (exact) mass is 515 g/mol. The average molecular weight is 516 g/mol. The molecule has 37 heavy (non-hydrogen) atoms. The Kier molecular flexibility index (Phi) is 16.1. The van der Waals surface area contributed by atoms with Crippen LogP contribution < -0.4 is 5.32 Å². The zero-order valence-corrected chi connectivity index (χ0v) is 23.7. The lowest BCUT2D eigenvalue weighted by Crippen LogP contribution is -2.50. The highest BCUT2D eigenvalue weighted by atomic mass is 16.6. The minimum absolute atomic E-state index is 0.0577. The van der Waals surface area contributed by atoms with Gasteiger partial charge in [0.25, 0.3) is 0 Å². The first-order chi connectivity index (χ1) is 17.7. The summed E-state index contributed by atoms with van der Waals surface area (Å²) in [5.74, 6) is 0.921. The van der Waals surface area contributed by atoms with Gasteiger partial charge in [-0.05, 0) is 76.8 Å². The number of aliphatic hydroxyl groups excluding tert-OH is 1. The van der Waals surface area contributed by atoms with Crippen LogP contribution in [0.3, 0.4) is 0 Å². The molecule has 2 N–H and O–H groups in total. The van der Waals surface area contributed by atoms with E-state index in [1.165, 1.54) is 30.5 Å². The number of hydrogen-bond donors (Lipinski definition) is 2. The summed E-state index contributed by atoms with van der Waals surface area (Å²) in [4.78, 5) is 15.2. The first-order valence-electron chi connectivity index (χ1n) is 13.4. The smallest absolute Gasteiger partial charge is 0.410 e. The molecule has 1 fully saturated rings. The lowest BCUT2D eigenvalue weighted by Gasteiger charge is -2.34. The summed E-state index contributed by atoms with van der Waals surface area (Å²) in [7, 11) is 1.95. The van der Waals surface area contributed by atoms with Crippen molar-refractivity contribution in [2.75, 3.05) is 51.9 Å². The van der Waals surface area contributed by atoms with E-state index < -0.39 is 5.60 Å². The van der Waals surface area contributed by atoms with Gasteiger partial charge in [-0.2, -0.15) is 0 Å². The van der Waals surface area contributed by atoms with Gasteiger partial charge < -0.3 is 24.8 Å². The third-order valence-corrected chi connectivity index (χ3v) is 5.78. The number of anilines is 1. The molecule has 7 heteroatoms. The van der Waals surface area contributed by atoms with Crippen molar-refractivity contribution in [3.05, 3.63) is 66.5 Å². The molecule has 0 aromatic heterocycles. The Hall–Kier alpha value is -2.77. The Morgan fingerprint density at radius 2 is 1.73 bits per heavy atom. The van der Waals surface area contributed by atoms with E-state index in [1.807, 2.05) is 57.9 Å². The Morgan fingerprint density at radius 3 is 2.27 bits per heavy atom. The fourth-order valence-electron chi connectivity index (χ4n) is 3.60. The number of aryl methyl sites for hydroxylation is 1. The van der Waals surface area contributed by atoms with Crippen molar-refractivity contribution >= 4 is 11.8 Å². The zero-order chi connectivity index (χ0) is 27.5. The molecule has 1 heterocycles. The molecule has 1 saturated heterocycles. The predicted molar refractivity (Wildman–Crippen MR) is 154 cm³/mol. The van der Waals surface area contributed by atoms with Gasteiger partial charge in [0, 0.05) is 38.9 Å². The van der Waals surface area contributed by atoms with Crippen molar-refractivity contribution in [1.29, 1.82) is 0 Å². The van der Waals surface area contributed by atoms with E-state index in [4.69, 9.17) is 14.6 Å². The van der Waals surface area contributed by atoms with Crippen LogP contribution in [0.2, 0.25) is 0 Å². The van der Waals surface area contributed by atoms with E-state index in [1.54, 1.807) is 11.0 Å². The highest BCUT2D eigenvalue weighted by Crippen LogP contribution is 2.13. The zero-order valence-electron chi connectivity index (χ0n) is 23.7. The summed E-state index contributed by atoms with van der Waals surface area (Å²) in [6.07, 6.45) is 13.3. The molecule has 1 aliphatic rings. The first-order valence-corrected chi connectivity index (χ1v) is 13.4. The number of amides is 1. The molecule has 0 bridgehead atoms. The average Bonchev–Trinajstić information content (AvgIpc) is 2.89. The standard InChI is InChI=1S/C20H29NO.C10H20N2O3/c1-4-6-12-20(5-2)22-17-10-8-7-9-11-18-13-15-19(21-3)16-14-18;1-10(2,3)15-9(14)12-6-4-11(8-13)5-7-12/h4-6,12-16,21H,1,7-11,17H2,2-3H3;13H,4-8H2,1-3H3/b12-6-,20-5+;. The Bertz CT molecular complexity index is 820. The molecule has 0 aliphatic carbocycles. The topological polar surface area (TPSA) is 74.3 Å². The summed E-state index contributed by atoms with van der Waals surface area (Å²) in [6, 6.07) is 8.69. The number of nitrogens with one attached hydrogen (secondary N) is 1. The van der Waals surface area contributed by atoms with Crippen molar-refractivity contribution < 1.29 is 19.4 Å². The number of carbonyl (C=O) groups excluding carboxylic acids is 1. The molecule has 208 valence electrons. The second-order valence-electron chi connectivity index (χ2n) is 9.97. The Morgan fingerprint density at radius 1 is 1.08 bits per heavy atom. The molecule has 1 aliphatic heterocycles. The maximum Gasteiger partial charge on any atom is 0.410 e. The molecular formula is C30H49N3O4.